The van der Waals surface area contributed by atoms with Crippen molar-refractivity contribution in [2.45, 2.75) is 19.0 Å². The molecular formula is C17H25N7O. The van der Waals surface area contributed by atoms with Crippen LogP contribution in [-0.4, -0.2) is 70.1 Å². The summed E-state index contributed by atoms with van der Waals surface area (Å²) in [5.41, 5.74) is 1.24. The minimum absolute atomic E-state index is 0.383. The fourth-order valence-corrected chi connectivity index (χ4v) is 3.45. The van der Waals surface area contributed by atoms with Crippen molar-refractivity contribution in [2.24, 2.45) is 7.05 Å². The van der Waals surface area contributed by atoms with E-state index in [1.54, 1.807) is 0 Å². The highest BCUT2D eigenvalue weighted by atomic mass is 16.5. The zero-order valence-electron chi connectivity index (χ0n) is 14.6. The monoisotopic (exact) mass is 343 g/mol. The number of morpholine rings is 1. The molecule has 2 saturated heterocycles. The van der Waals surface area contributed by atoms with E-state index in [0.717, 1.165) is 64.1 Å². The van der Waals surface area contributed by atoms with Gasteiger partial charge < -0.3 is 15.0 Å². The molecule has 134 valence electrons. The van der Waals surface area contributed by atoms with Crippen molar-refractivity contribution >= 4 is 11.8 Å². The predicted octanol–water partition coefficient (Wildman–Crippen LogP) is 0.733. The molecule has 4 heterocycles. The normalized spacial score (nSPS) is 21.6. The molecule has 1 unspecified atom stereocenters. The summed E-state index contributed by atoms with van der Waals surface area (Å²) < 4.78 is 7.35. The maximum Gasteiger partial charge on any atom is 0.224 e. The van der Waals surface area contributed by atoms with E-state index in [0.29, 0.717) is 6.04 Å². The smallest absolute Gasteiger partial charge is 0.224 e. The van der Waals surface area contributed by atoms with E-state index in [-0.39, 0.29) is 0 Å². The molecule has 2 aromatic rings. The number of hydrogen-bond acceptors (Lipinski definition) is 7. The van der Waals surface area contributed by atoms with Crippen molar-refractivity contribution in [1.29, 1.82) is 0 Å². The Labute approximate surface area is 147 Å². The van der Waals surface area contributed by atoms with Gasteiger partial charge in [0, 0.05) is 58.2 Å². The zero-order valence-corrected chi connectivity index (χ0v) is 14.6. The largest absolute Gasteiger partial charge is 0.378 e. The lowest BCUT2D eigenvalue weighted by Crippen LogP contribution is -2.37. The quantitative estimate of drug-likeness (QED) is 0.858. The minimum atomic E-state index is 0.383. The number of hydrogen-bond donors (Lipinski definition) is 1. The first-order chi connectivity index (χ1) is 12.3. The zero-order chi connectivity index (χ0) is 17.1. The summed E-state index contributed by atoms with van der Waals surface area (Å²) in [5.74, 6) is 1.70. The molecule has 25 heavy (non-hydrogen) atoms. The number of nitrogens with zero attached hydrogens (tertiary/aromatic N) is 6. The summed E-state index contributed by atoms with van der Waals surface area (Å²) in [6, 6.07) is 4.43. The number of likely N-dealkylation sites (tertiary alicyclic amines) is 1. The highest BCUT2D eigenvalue weighted by Crippen LogP contribution is 2.18. The van der Waals surface area contributed by atoms with E-state index in [4.69, 9.17) is 9.72 Å². The molecule has 2 aromatic heterocycles. The summed E-state index contributed by atoms with van der Waals surface area (Å²) in [5, 5.41) is 7.74. The lowest BCUT2D eigenvalue weighted by atomic mass is 10.3. The Kier molecular flexibility index (Phi) is 4.80. The number of anilines is 2. The number of ether oxygens (including phenoxy) is 1. The fraction of sp³-hybridized carbons (Fsp3) is 0.588. The van der Waals surface area contributed by atoms with Gasteiger partial charge in [-0.2, -0.15) is 10.1 Å². The molecular weight excluding hydrogens is 318 g/mol. The van der Waals surface area contributed by atoms with Crippen molar-refractivity contribution in [2.75, 3.05) is 49.6 Å². The molecule has 1 atom stereocenters. The van der Waals surface area contributed by atoms with Crippen LogP contribution in [0.25, 0.3) is 0 Å². The number of rotatable bonds is 5. The molecule has 8 heteroatoms. The first-order valence-electron chi connectivity index (χ1n) is 8.89. The molecule has 2 aliphatic heterocycles. The van der Waals surface area contributed by atoms with Crippen molar-refractivity contribution in [1.82, 2.24) is 24.6 Å². The summed E-state index contributed by atoms with van der Waals surface area (Å²) in [6.45, 7) is 6.30. The topological polar surface area (TPSA) is 71.3 Å². The Balaban J connectivity index is 1.34. The van der Waals surface area contributed by atoms with Crippen molar-refractivity contribution in [3.05, 3.63) is 30.2 Å². The Bertz CT molecular complexity index is 698. The molecule has 0 radical (unpaired) electrons. The van der Waals surface area contributed by atoms with Gasteiger partial charge >= 0.3 is 0 Å². The molecule has 0 aliphatic carbocycles. The lowest BCUT2D eigenvalue weighted by Gasteiger charge is -2.28. The van der Waals surface area contributed by atoms with Crippen LogP contribution in [0.15, 0.2) is 24.5 Å². The first kappa shape index (κ1) is 16.3. The van der Waals surface area contributed by atoms with Crippen molar-refractivity contribution in [3.8, 4) is 0 Å². The Morgan fingerprint density at radius 1 is 1.20 bits per heavy atom. The summed E-state index contributed by atoms with van der Waals surface area (Å²) in [4.78, 5) is 13.8. The average Bonchev–Trinajstić information content (AvgIpc) is 3.26. The van der Waals surface area contributed by atoms with Gasteiger partial charge in [-0.25, -0.2) is 4.98 Å². The van der Waals surface area contributed by atoms with E-state index in [1.165, 1.54) is 5.69 Å². The second kappa shape index (κ2) is 7.37. The first-order valence-corrected chi connectivity index (χ1v) is 8.89. The van der Waals surface area contributed by atoms with Crippen LogP contribution in [0.3, 0.4) is 0 Å². The summed E-state index contributed by atoms with van der Waals surface area (Å²) in [7, 11) is 1.99. The minimum Gasteiger partial charge on any atom is -0.378 e. The van der Waals surface area contributed by atoms with E-state index in [9.17, 15) is 0 Å². The van der Waals surface area contributed by atoms with Crippen LogP contribution in [-0.2, 0) is 18.3 Å². The SMILES string of the molecule is Cn1nccc1CN1CCC(Nc2nccc(N3CCOCC3)n2)C1. The van der Waals surface area contributed by atoms with Gasteiger partial charge in [0.25, 0.3) is 0 Å². The molecule has 0 spiro atoms. The van der Waals surface area contributed by atoms with Crippen molar-refractivity contribution < 1.29 is 4.74 Å². The predicted molar refractivity (Wildman–Crippen MR) is 95.6 cm³/mol. The molecule has 2 fully saturated rings. The number of aryl methyl sites for hydroxylation is 1. The Morgan fingerprint density at radius 3 is 2.88 bits per heavy atom. The maximum atomic E-state index is 5.41. The standard InChI is InChI=1S/C17H25N7O/c1-22-15(2-6-19-22)13-23-7-4-14(12-23)20-17-18-5-3-16(21-17)24-8-10-25-11-9-24/h2-3,5-6,14H,4,7-13H2,1H3,(H,18,20,21). The lowest BCUT2D eigenvalue weighted by molar-refractivity contribution is 0.122. The molecule has 2 aliphatic rings. The van der Waals surface area contributed by atoms with E-state index in [1.807, 2.05) is 30.2 Å². The molecule has 0 saturated carbocycles. The third-order valence-electron chi connectivity index (χ3n) is 4.89. The second-order valence-corrected chi connectivity index (χ2v) is 6.65. The highest BCUT2D eigenvalue weighted by Gasteiger charge is 2.24. The summed E-state index contributed by atoms with van der Waals surface area (Å²) >= 11 is 0. The van der Waals surface area contributed by atoms with Crippen LogP contribution in [0.4, 0.5) is 11.8 Å². The van der Waals surface area contributed by atoms with Crippen LogP contribution in [0.2, 0.25) is 0 Å². The van der Waals surface area contributed by atoms with Gasteiger partial charge in [-0.1, -0.05) is 0 Å². The number of nitrogens with one attached hydrogen (secondary N) is 1. The van der Waals surface area contributed by atoms with E-state index >= 15 is 0 Å². The van der Waals surface area contributed by atoms with Crippen LogP contribution in [0.5, 0.6) is 0 Å². The molecule has 4 rings (SSSR count). The molecule has 0 bridgehead atoms. The van der Waals surface area contributed by atoms with Gasteiger partial charge in [-0.05, 0) is 18.6 Å². The maximum absolute atomic E-state index is 5.41. The molecule has 0 amide bonds. The Hall–Kier alpha value is -2.19. The van der Waals surface area contributed by atoms with Crippen LogP contribution in [0.1, 0.15) is 12.1 Å². The third-order valence-corrected chi connectivity index (χ3v) is 4.89. The van der Waals surface area contributed by atoms with Gasteiger partial charge in [0.2, 0.25) is 5.95 Å². The van der Waals surface area contributed by atoms with Gasteiger partial charge in [0.1, 0.15) is 5.82 Å². The van der Waals surface area contributed by atoms with Crippen LogP contribution >= 0.6 is 0 Å². The van der Waals surface area contributed by atoms with Gasteiger partial charge in [0.15, 0.2) is 0 Å². The second-order valence-electron chi connectivity index (χ2n) is 6.65. The average molecular weight is 343 g/mol. The number of aromatic nitrogens is 4. The van der Waals surface area contributed by atoms with Crippen LogP contribution in [0, 0.1) is 0 Å². The fourth-order valence-electron chi connectivity index (χ4n) is 3.45. The van der Waals surface area contributed by atoms with Crippen molar-refractivity contribution in [3.63, 3.8) is 0 Å². The van der Waals surface area contributed by atoms with Gasteiger partial charge in [-0.3, -0.25) is 9.58 Å². The molecule has 8 nitrogen and oxygen atoms in total. The Morgan fingerprint density at radius 2 is 2.08 bits per heavy atom. The summed E-state index contributed by atoms with van der Waals surface area (Å²) in [6.07, 6.45) is 4.79. The van der Waals surface area contributed by atoms with Gasteiger partial charge in [-0.15, -0.1) is 0 Å². The van der Waals surface area contributed by atoms with Crippen LogP contribution < -0.4 is 10.2 Å². The van der Waals surface area contributed by atoms with Gasteiger partial charge in [0.05, 0.1) is 18.9 Å². The third kappa shape index (κ3) is 3.91. The van der Waals surface area contributed by atoms with E-state index in [2.05, 4.69) is 31.3 Å². The highest BCUT2D eigenvalue weighted by molar-refractivity contribution is 5.43. The van der Waals surface area contributed by atoms with E-state index < -0.39 is 0 Å². The molecule has 0 aromatic carbocycles. The molecule has 1 N–H and O–H groups in total.